The average Bonchev–Trinajstić information content (AvgIpc) is 3.18. The van der Waals surface area contributed by atoms with Crippen LogP contribution in [0.1, 0.15) is 28.0 Å². The van der Waals surface area contributed by atoms with Crippen molar-refractivity contribution in [3.8, 4) is 0 Å². The maximum Gasteiger partial charge on any atom is 0.310 e. The van der Waals surface area contributed by atoms with Crippen molar-refractivity contribution in [1.29, 1.82) is 0 Å². The molecule has 4 aromatic rings. The van der Waals surface area contributed by atoms with Crippen LogP contribution < -0.4 is 5.56 Å². The van der Waals surface area contributed by atoms with Gasteiger partial charge >= 0.3 is 5.91 Å². The molecule has 0 spiro atoms. The van der Waals surface area contributed by atoms with E-state index in [1.165, 1.54) is 11.9 Å². The van der Waals surface area contributed by atoms with Crippen molar-refractivity contribution in [1.82, 2.24) is 14.9 Å². The minimum absolute atomic E-state index is 0.00209. The lowest BCUT2D eigenvalue weighted by molar-refractivity contribution is 0.0315. The predicted molar refractivity (Wildman–Crippen MR) is 103 cm³/mol. The van der Waals surface area contributed by atoms with E-state index in [9.17, 15) is 18.4 Å². The minimum Gasteiger partial charge on any atom is -0.432 e. The highest BCUT2D eigenvalue weighted by Crippen LogP contribution is 2.34. The minimum atomic E-state index is -1.12. The van der Waals surface area contributed by atoms with Crippen molar-refractivity contribution in [2.75, 3.05) is 13.7 Å². The summed E-state index contributed by atoms with van der Waals surface area (Å²) >= 11 is 0. The maximum absolute atomic E-state index is 14.0. The Morgan fingerprint density at radius 1 is 1.20 bits per heavy atom. The van der Waals surface area contributed by atoms with Crippen LogP contribution in [-0.4, -0.2) is 34.4 Å². The lowest BCUT2D eigenvalue weighted by Gasteiger charge is -2.33. The number of H-pyrrole nitrogens is 1. The lowest BCUT2D eigenvalue weighted by Crippen LogP contribution is -2.37. The van der Waals surface area contributed by atoms with Crippen LogP contribution in [0.3, 0.4) is 0 Å². The van der Waals surface area contributed by atoms with Gasteiger partial charge in [0.1, 0.15) is 5.52 Å². The first-order valence-corrected chi connectivity index (χ1v) is 9.18. The van der Waals surface area contributed by atoms with Gasteiger partial charge in [0, 0.05) is 18.3 Å². The number of carbonyl (C=O) groups is 1. The molecule has 1 amide bonds. The molecule has 3 heterocycles. The molecule has 0 aliphatic carbocycles. The monoisotopic (exact) mass is 411 g/mol. The molecular weight excluding hydrogens is 396 g/mol. The third-order valence-corrected chi connectivity index (χ3v) is 5.30. The Labute approximate surface area is 167 Å². The number of halogens is 2. The van der Waals surface area contributed by atoms with Gasteiger partial charge in [0.2, 0.25) is 0 Å². The van der Waals surface area contributed by atoms with Crippen LogP contribution in [0.5, 0.6) is 0 Å². The highest BCUT2D eigenvalue weighted by molar-refractivity contribution is 5.93. The molecule has 9 heteroatoms. The fourth-order valence-electron chi connectivity index (χ4n) is 3.80. The van der Waals surface area contributed by atoms with E-state index in [2.05, 4.69) is 9.97 Å². The summed E-state index contributed by atoms with van der Waals surface area (Å²) in [5.41, 5.74) is 1.37. The largest absolute Gasteiger partial charge is 0.432 e. The van der Waals surface area contributed by atoms with Gasteiger partial charge in [-0.05, 0) is 29.7 Å². The van der Waals surface area contributed by atoms with Crippen molar-refractivity contribution in [2.24, 2.45) is 0 Å². The Morgan fingerprint density at radius 2 is 1.93 bits per heavy atom. The molecule has 2 aromatic carbocycles. The number of ether oxygens (including phenoxy) is 1. The topological polar surface area (TPSA) is 88.4 Å². The molecule has 0 saturated heterocycles. The summed E-state index contributed by atoms with van der Waals surface area (Å²) in [6.07, 6.45) is 0. The first-order chi connectivity index (χ1) is 14.4. The third kappa shape index (κ3) is 2.78. The molecule has 1 aliphatic heterocycles. The van der Waals surface area contributed by atoms with Crippen molar-refractivity contribution in [3.05, 3.63) is 75.5 Å². The number of hydrogen-bond acceptors (Lipinski definition) is 5. The Bertz CT molecular complexity index is 1350. The van der Waals surface area contributed by atoms with E-state index < -0.39 is 29.1 Å². The SMILES string of the molecule is CN(C(=O)c1nc2ccccc2o1)[C@H]1COCc2[nH]c(=O)c3cc(F)c(F)cc3c21. The second kappa shape index (κ2) is 6.74. The Morgan fingerprint density at radius 3 is 2.70 bits per heavy atom. The third-order valence-electron chi connectivity index (χ3n) is 5.30. The van der Waals surface area contributed by atoms with E-state index in [4.69, 9.17) is 9.15 Å². The first kappa shape index (κ1) is 18.4. The zero-order valence-electron chi connectivity index (χ0n) is 15.7. The molecule has 0 unspecified atom stereocenters. The van der Waals surface area contributed by atoms with Gasteiger partial charge in [-0.25, -0.2) is 13.8 Å². The molecule has 0 saturated carbocycles. The zero-order valence-corrected chi connectivity index (χ0v) is 15.7. The van der Waals surface area contributed by atoms with Gasteiger partial charge in [0.05, 0.1) is 24.6 Å². The van der Waals surface area contributed by atoms with Crippen molar-refractivity contribution >= 4 is 27.8 Å². The summed E-state index contributed by atoms with van der Waals surface area (Å²) in [5.74, 6) is -2.80. The second-order valence-corrected chi connectivity index (χ2v) is 7.09. The van der Waals surface area contributed by atoms with Gasteiger partial charge in [-0.15, -0.1) is 0 Å². The van der Waals surface area contributed by atoms with Crippen molar-refractivity contribution in [3.63, 3.8) is 0 Å². The molecule has 7 nitrogen and oxygen atoms in total. The molecule has 152 valence electrons. The number of hydrogen-bond donors (Lipinski definition) is 1. The highest BCUT2D eigenvalue weighted by atomic mass is 19.2. The van der Waals surface area contributed by atoms with Gasteiger partial charge in [-0.3, -0.25) is 9.59 Å². The quantitative estimate of drug-likeness (QED) is 0.547. The number of aromatic amines is 1. The number of rotatable bonds is 2. The molecule has 30 heavy (non-hydrogen) atoms. The van der Waals surface area contributed by atoms with Crippen LogP contribution >= 0.6 is 0 Å². The summed E-state index contributed by atoms with van der Waals surface area (Å²) in [5, 5.41) is 0.237. The predicted octanol–water partition coefficient (Wildman–Crippen LogP) is 3.29. The molecule has 5 rings (SSSR count). The molecule has 1 N–H and O–H groups in total. The van der Waals surface area contributed by atoms with Gasteiger partial charge in [0.15, 0.2) is 17.2 Å². The Hall–Kier alpha value is -3.59. The summed E-state index contributed by atoms with van der Waals surface area (Å²) in [4.78, 5) is 33.6. The summed E-state index contributed by atoms with van der Waals surface area (Å²) < 4.78 is 38.8. The molecule has 0 fully saturated rings. The molecule has 2 aromatic heterocycles. The average molecular weight is 411 g/mol. The number of aromatic nitrogens is 2. The van der Waals surface area contributed by atoms with Gasteiger partial charge in [-0.2, -0.15) is 0 Å². The normalized spacial score (nSPS) is 16.0. The number of amides is 1. The van der Waals surface area contributed by atoms with Crippen LogP contribution in [-0.2, 0) is 11.3 Å². The van der Waals surface area contributed by atoms with Gasteiger partial charge in [0.25, 0.3) is 11.4 Å². The number of pyridine rings is 1. The summed E-state index contributed by atoms with van der Waals surface area (Å²) in [6, 6.07) is 8.16. The Balaban J connectivity index is 1.63. The van der Waals surface area contributed by atoms with E-state index in [1.807, 2.05) is 0 Å². The van der Waals surface area contributed by atoms with Gasteiger partial charge < -0.3 is 19.0 Å². The van der Waals surface area contributed by atoms with E-state index in [1.54, 1.807) is 24.3 Å². The number of oxazole rings is 1. The molecule has 1 aliphatic rings. The fourth-order valence-corrected chi connectivity index (χ4v) is 3.80. The van der Waals surface area contributed by atoms with Crippen molar-refractivity contribution in [2.45, 2.75) is 12.6 Å². The zero-order chi connectivity index (χ0) is 21.0. The van der Waals surface area contributed by atoms with E-state index in [-0.39, 0.29) is 29.9 Å². The summed E-state index contributed by atoms with van der Waals surface area (Å²) in [6.45, 7) is 0.191. The van der Waals surface area contributed by atoms with Gasteiger partial charge in [-0.1, -0.05) is 12.1 Å². The Kier molecular flexibility index (Phi) is 4.14. The number of nitrogens with zero attached hydrogens (tertiary/aromatic N) is 2. The van der Waals surface area contributed by atoms with Crippen LogP contribution in [0.2, 0.25) is 0 Å². The van der Waals surface area contributed by atoms with Crippen LogP contribution in [0.25, 0.3) is 21.9 Å². The fraction of sp³-hybridized carbons (Fsp3) is 0.190. The first-order valence-electron chi connectivity index (χ1n) is 9.18. The van der Waals surface area contributed by atoms with Crippen LogP contribution in [0.15, 0.2) is 45.6 Å². The van der Waals surface area contributed by atoms with E-state index in [0.717, 1.165) is 12.1 Å². The molecule has 0 bridgehead atoms. The second-order valence-electron chi connectivity index (χ2n) is 7.09. The standard InChI is InChI=1S/C21H15F2N3O4/c1-26(21(28)20-25-14-4-2-3-5-17(14)30-20)16-9-29-8-15-18(16)10-6-12(22)13(23)7-11(10)19(27)24-15/h2-7,16H,8-9H2,1H3,(H,24,27)/t16-/m0/s1. The van der Waals surface area contributed by atoms with E-state index >= 15 is 0 Å². The number of benzene rings is 2. The number of fused-ring (bicyclic) bond motifs is 4. The smallest absolute Gasteiger partial charge is 0.310 e. The maximum atomic E-state index is 14.0. The molecular formula is C21H15F2N3O4. The lowest BCUT2D eigenvalue weighted by atomic mass is 9.95. The highest BCUT2D eigenvalue weighted by Gasteiger charge is 2.33. The van der Waals surface area contributed by atoms with Crippen LogP contribution in [0.4, 0.5) is 8.78 Å². The van der Waals surface area contributed by atoms with Crippen molar-refractivity contribution < 1.29 is 22.7 Å². The number of para-hydroxylation sites is 2. The summed E-state index contributed by atoms with van der Waals surface area (Å²) in [7, 11) is 1.54. The number of carbonyl (C=O) groups excluding carboxylic acids is 1. The number of likely N-dealkylation sites (N-methyl/N-ethyl adjacent to an activating group) is 1. The van der Waals surface area contributed by atoms with Crippen LogP contribution in [0, 0.1) is 11.6 Å². The molecule has 0 radical (unpaired) electrons. The number of nitrogens with one attached hydrogen (secondary N) is 1. The van der Waals surface area contributed by atoms with E-state index in [0.29, 0.717) is 22.4 Å². The molecule has 1 atom stereocenters.